The van der Waals surface area contributed by atoms with Gasteiger partial charge in [0.2, 0.25) is 0 Å². The number of benzene rings is 1. The number of nitrogens with two attached hydrogens (primary N) is 1. The molecule has 1 aliphatic rings. The average Bonchev–Trinajstić information content (AvgIpc) is 2.36. The van der Waals surface area contributed by atoms with E-state index in [-0.39, 0.29) is 12.6 Å². The summed E-state index contributed by atoms with van der Waals surface area (Å²) in [5, 5.41) is 9.11. The van der Waals surface area contributed by atoms with E-state index in [1.165, 1.54) is 0 Å². The van der Waals surface area contributed by atoms with Crippen LogP contribution in [0.5, 0.6) is 11.5 Å². The van der Waals surface area contributed by atoms with Crippen LogP contribution in [0.1, 0.15) is 11.6 Å². The third kappa shape index (κ3) is 2.11. The molecule has 1 aliphatic heterocycles. The van der Waals surface area contributed by atoms with Crippen LogP contribution in [0.3, 0.4) is 0 Å². The number of hydrogen-bond acceptors (Lipinski definition) is 5. The lowest BCUT2D eigenvalue weighted by atomic mass is 10.1. The highest BCUT2D eigenvalue weighted by Crippen LogP contribution is 2.38. The highest BCUT2D eigenvalue weighted by Gasteiger charge is 2.18. The summed E-state index contributed by atoms with van der Waals surface area (Å²) in [4.78, 5) is 1.02. The van der Waals surface area contributed by atoms with E-state index in [0.29, 0.717) is 19.0 Å². The Morgan fingerprint density at radius 3 is 2.56 bits per heavy atom. The molecule has 0 radical (unpaired) electrons. The SMILES string of the molecule is CSc1cc2c(cc1C(N)CO)OCCO2. The first-order valence-electron chi connectivity index (χ1n) is 5.10. The smallest absolute Gasteiger partial charge is 0.162 e. The average molecular weight is 241 g/mol. The summed E-state index contributed by atoms with van der Waals surface area (Å²) in [6, 6.07) is 3.41. The van der Waals surface area contributed by atoms with Gasteiger partial charge in [-0.25, -0.2) is 0 Å². The van der Waals surface area contributed by atoms with Gasteiger partial charge in [0.05, 0.1) is 12.6 Å². The number of rotatable bonds is 3. The van der Waals surface area contributed by atoms with E-state index >= 15 is 0 Å². The van der Waals surface area contributed by atoms with E-state index in [1.54, 1.807) is 11.8 Å². The van der Waals surface area contributed by atoms with Gasteiger partial charge in [-0.15, -0.1) is 11.8 Å². The maximum Gasteiger partial charge on any atom is 0.162 e. The normalized spacial score (nSPS) is 15.9. The van der Waals surface area contributed by atoms with Crippen LogP contribution in [0.2, 0.25) is 0 Å². The van der Waals surface area contributed by atoms with Crippen molar-refractivity contribution in [1.29, 1.82) is 0 Å². The quantitative estimate of drug-likeness (QED) is 0.778. The fourth-order valence-electron chi connectivity index (χ4n) is 1.65. The Labute approximate surface area is 98.7 Å². The molecule has 0 saturated carbocycles. The molecule has 1 heterocycles. The lowest BCUT2D eigenvalue weighted by molar-refractivity contribution is 0.170. The standard InChI is InChI=1S/C11H15NO3S/c1-16-11-5-10-9(14-2-3-15-10)4-7(11)8(12)6-13/h4-5,8,13H,2-3,6,12H2,1H3. The maximum absolute atomic E-state index is 9.11. The van der Waals surface area contributed by atoms with Crippen molar-refractivity contribution < 1.29 is 14.6 Å². The van der Waals surface area contributed by atoms with Crippen molar-refractivity contribution in [2.75, 3.05) is 26.1 Å². The van der Waals surface area contributed by atoms with Crippen molar-refractivity contribution in [3.05, 3.63) is 17.7 Å². The first-order chi connectivity index (χ1) is 7.76. The van der Waals surface area contributed by atoms with Gasteiger partial charge in [-0.2, -0.15) is 0 Å². The Balaban J connectivity index is 2.43. The van der Waals surface area contributed by atoms with Gasteiger partial charge >= 0.3 is 0 Å². The summed E-state index contributed by atoms with van der Waals surface area (Å²) < 4.78 is 11.0. The van der Waals surface area contributed by atoms with Gasteiger partial charge in [0.15, 0.2) is 11.5 Å². The lowest BCUT2D eigenvalue weighted by Gasteiger charge is -2.22. The molecule has 1 aromatic carbocycles. The number of hydrogen-bond donors (Lipinski definition) is 2. The van der Waals surface area contributed by atoms with Crippen LogP contribution in [0.4, 0.5) is 0 Å². The van der Waals surface area contributed by atoms with Gasteiger partial charge in [-0.05, 0) is 24.0 Å². The third-order valence-electron chi connectivity index (χ3n) is 2.49. The van der Waals surface area contributed by atoms with Crippen molar-refractivity contribution in [1.82, 2.24) is 0 Å². The molecular weight excluding hydrogens is 226 g/mol. The molecule has 0 amide bonds. The number of ether oxygens (including phenoxy) is 2. The van der Waals surface area contributed by atoms with Crippen LogP contribution >= 0.6 is 11.8 Å². The van der Waals surface area contributed by atoms with Gasteiger partial charge in [-0.1, -0.05) is 0 Å². The van der Waals surface area contributed by atoms with E-state index < -0.39 is 0 Å². The second-order valence-corrected chi connectivity index (χ2v) is 4.37. The molecule has 2 rings (SSSR count). The summed E-state index contributed by atoms with van der Waals surface area (Å²) in [7, 11) is 0. The Morgan fingerprint density at radius 1 is 1.38 bits per heavy atom. The van der Waals surface area contributed by atoms with Crippen LogP contribution < -0.4 is 15.2 Å². The fraction of sp³-hybridized carbons (Fsp3) is 0.455. The van der Waals surface area contributed by atoms with E-state index in [4.69, 9.17) is 20.3 Å². The van der Waals surface area contributed by atoms with Gasteiger partial charge < -0.3 is 20.3 Å². The van der Waals surface area contributed by atoms with Crippen LogP contribution in [0, 0.1) is 0 Å². The minimum absolute atomic E-state index is 0.0762. The second-order valence-electron chi connectivity index (χ2n) is 3.53. The molecule has 0 saturated heterocycles. The Morgan fingerprint density at radius 2 is 2.00 bits per heavy atom. The predicted octanol–water partition coefficient (Wildman–Crippen LogP) is 1.17. The molecular formula is C11H15NO3S. The largest absolute Gasteiger partial charge is 0.486 e. The van der Waals surface area contributed by atoms with E-state index in [0.717, 1.165) is 16.2 Å². The number of aliphatic hydroxyl groups is 1. The molecule has 88 valence electrons. The molecule has 1 unspecified atom stereocenters. The van der Waals surface area contributed by atoms with Crippen molar-refractivity contribution in [3.63, 3.8) is 0 Å². The summed E-state index contributed by atoms with van der Waals surface area (Å²) >= 11 is 1.59. The zero-order chi connectivity index (χ0) is 11.5. The highest BCUT2D eigenvalue weighted by atomic mass is 32.2. The monoisotopic (exact) mass is 241 g/mol. The molecule has 0 aromatic heterocycles. The summed E-state index contributed by atoms with van der Waals surface area (Å²) in [6.45, 7) is 1.05. The Bertz CT molecular complexity index is 384. The minimum Gasteiger partial charge on any atom is -0.486 e. The van der Waals surface area contributed by atoms with Crippen molar-refractivity contribution >= 4 is 11.8 Å². The van der Waals surface area contributed by atoms with Gasteiger partial charge in [0, 0.05) is 4.90 Å². The molecule has 0 fully saturated rings. The zero-order valence-corrected chi connectivity index (χ0v) is 9.92. The molecule has 5 heteroatoms. The van der Waals surface area contributed by atoms with Gasteiger partial charge in [0.25, 0.3) is 0 Å². The fourth-order valence-corrected chi connectivity index (χ4v) is 2.32. The Kier molecular flexibility index (Phi) is 3.58. The molecule has 0 spiro atoms. The lowest BCUT2D eigenvalue weighted by Crippen LogP contribution is -2.19. The zero-order valence-electron chi connectivity index (χ0n) is 9.10. The first-order valence-corrected chi connectivity index (χ1v) is 6.32. The number of thioether (sulfide) groups is 1. The van der Waals surface area contributed by atoms with Crippen molar-refractivity contribution in [2.24, 2.45) is 5.73 Å². The molecule has 0 aliphatic carbocycles. The first kappa shape index (κ1) is 11.6. The predicted molar refractivity (Wildman–Crippen MR) is 63.2 cm³/mol. The number of aliphatic hydroxyl groups excluding tert-OH is 1. The molecule has 0 bridgehead atoms. The topological polar surface area (TPSA) is 64.7 Å². The minimum atomic E-state index is -0.377. The van der Waals surface area contributed by atoms with E-state index in [9.17, 15) is 0 Å². The summed E-state index contributed by atoms with van der Waals surface area (Å²) in [6.07, 6.45) is 1.97. The number of fused-ring (bicyclic) bond motifs is 1. The second kappa shape index (κ2) is 4.95. The van der Waals surface area contributed by atoms with Gasteiger partial charge in [0.1, 0.15) is 13.2 Å². The molecule has 4 nitrogen and oxygen atoms in total. The summed E-state index contributed by atoms with van der Waals surface area (Å²) in [5.74, 6) is 1.47. The van der Waals surface area contributed by atoms with E-state index in [1.807, 2.05) is 18.4 Å². The highest BCUT2D eigenvalue weighted by molar-refractivity contribution is 7.98. The molecule has 16 heavy (non-hydrogen) atoms. The van der Waals surface area contributed by atoms with Crippen LogP contribution in [0.15, 0.2) is 17.0 Å². The molecule has 3 N–H and O–H groups in total. The molecule has 1 aromatic rings. The maximum atomic E-state index is 9.11. The summed E-state index contributed by atoms with van der Waals surface area (Å²) in [5.41, 5.74) is 6.75. The van der Waals surface area contributed by atoms with Crippen LogP contribution in [0.25, 0.3) is 0 Å². The van der Waals surface area contributed by atoms with Crippen LogP contribution in [-0.4, -0.2) is 31.2 Å². The third-order valence-corrected chi connectivity index (χ3v) is 3.28. The van der Waals surface area contributed by atoms with Crippen molar-refractivity contribution in [3.8, 4) is 11.5 Å². The Hall–Kier alpha value is -0.910. The van der Waals surface area contributed by atoms with E-state index in [2.05, 4.69) is 0 Å². The molecule has 1 atom stereocenters. The van der Waals surface area contributed by atoms with Gasteiger partial charge in [-0.3, -0.25) is 0 Å². The van der Waals surface area contributed by atoms with Crippen molar-refractivity contribution in [2.45, 2.75) is 10.9 Å². The van der Waals surface area contributed by atoms with Crippen LogP contribution in [-0.2, 0) is 0 Å².